The van der Waals surface area contributed by atoms with Crippen molar-refractivity contribution < 1.29 is 28.6 Å². The Labute approximate surface area is 191 Å². The van der Waals surface area contributed by atoms with Crippen LogP contribution in [0.15, 0.2) is 54.6 Å². The van der Waals surface area contributed by atoms with Crippen molar-refractivity contribution in [2.75, 3.05) is 19.1 Å². The highest BCUT2D eigenvalue weighted by atomic mass is 35.5. The fourth-order valence-electron chi connectivity index (χ4n) is 3.28. The molecule has 168 valence electrons. The van der Waals surface area contributed by atoms with Gasteiger partial charge in [-0.2, -0.15) is 0 Å². The fraction of sp³-hybridized carbons (Fsp3) is 0.217. The lowest BCUT2D eigenvalue weighted by atomic mass is 10.1. The van der Waals surface area contributed by atoms with Crippen molar-refractivity contribution >= 4 is 24.6 Å². The summed E-state index contributed by atoms with van der Waals surface area (Å²) in [6, 6.07) is 16.3. The number of hydrogen-bond acceptors (Lipinski definition) is 6. The van der Waals surface area contributed by atoms with E-state index in [9.17, 15) is 10.0 Å². The van der Waals surface area contributed by atoms with Gasteiger partial charge >= 0.3 is 7.32 Å². The van der Waals surface area contributed by atoms with Gasteiger partial charge in [-0.25, -0.2) is 4.39 Å². The Hall–Kier alpha value is -2.94. The number of benzene rings is 3. The topological polar surface area (TPSA) is 71.4 Å². The van der Waals surface area contributed by atoms with E-state index >= 15 is 4.39 Å². The van der Waals surface area contributed by atoms with Gasteiger partial charge in [-0.3, -0.25) is 0 Å². The predicted molar refractivity (Wildman–Crippen MR) is 123 cm³/mol. The Morgan fingerprint density at radius 1 is 0.906 bits per heavy atom. The summed E-state index contributed by atoms with van der Waals surface area (Å²) < 4.78 is 30.7. The third-order valence-electron chi connectivity index (χ3n) is 5.01. The molecule has 2 N–H and O–H groups in total. The van der Waals surface area contributed by atoms with Crippen molar-refractivity contribution in [1.82, 2.24) is 0 Å². The van der Waals surface area contributed by atoms with Gasteiger partial charge in [0.15, 0.2) is 5.82 Å². The first-order valence-electron chi connectivity index (χ1n) is 9.84. The Balaban J connectivity index is 2.02. The molecule has 0 bridgehead atoms. The number of anilines is 1. The molecule has 0 saturated carbocycles. The zero-order chi connectivity index (χ0) is 23.3. The van der Waals surface area contributed by atoms with Gasteiger partial charge in [0.2, 0.25) is 0 Å². The van der Waals surface area contributed by atoms with Crippen LogP contribution >= 0.6 is 11.6 Å². The summed E-state index contributed by atoms with van der Waals surface area (Å²) in [5.74, 6) is 0.898. The van der Waals surface area contributed by atoms with E-state index in [1.807, 2.05) is 53.4 Å². The molecule has 0 amide bonds. The van der Waals surface area contributed by atoms with Gasteiger partial charge in [0, 0.05) is 24.7 Å². The number of ether oxygens (including phenoxy) is 2. The van der Waals surface area contributed by atoms with Gasteiger partial charge in [-0.1, -0.05) is 35.9 Å². The predicted octanol–water partition coefficient (Wildman–Crippen LogP) is 4.36. The van der Waals surface area contributed by atoms with Crippen LogP contribution in [0.3, 0.4) is 0 Å². The number of nitrogens with zero attached hydrogens (tertiary/aromatic N) is 1. The molecule has 3 aromatic rings. The summed E-state index contributed by atoms with van der Waals surface area (Å²) in [5.41, 5.74) is 2.22. The normalized spacial score (nSPS) is 10.6. The molecule has 9 heteroatoms. The Morgan fingerprint density at radius 3 is 1.78 bits per heavy atom. The monoisotopic (exact) mass is 459 g/mol. The second-order valence-corrected chi connectivity index (χ2v) is 7.52. The number of hydrogen-bond donors (Lipinski definition) is 2. The summed E-state index contributed by atoms with van der Waals surface area (Å²) >= 11 is 6.17. The summed E-state index contributed by atoms with van der Waals surface area (Å²) in [6.45, 7) is 2.25. The molecule has 0 atom stereocenters. The SMILES string of the molecule is COc1ccc(CN(Cc2ccc(OC)cc2)c2cc(OB(O)O)c(Cl)c(C)c2F)cc1. The maximum atomic E-state index is 15.3. The van der Waals surface area contributed by atoms with Crippen molar-refractivity contribution in [3.63, 3.8) is 0 Å². The summed E-state index contributed by atoms with van der Waals surface area (Å²) in [5, 5.41) is 18.4. The lowest BCUT2D eigenvalue weighted by Crippen LogP contribution is -2.25. The van der Waals surface area contributed by atoms with E-state index in [-0.39, 0.29) is 22.0 Å². The van der Waals surface area contributed by atoms with Crippen LogP contribution in [0.5, 0.6) is 17.2 Å². The third kappa shape index (κ3) is 5.65. The average Bonchev–Trinajstić information content (AvgIpc) is 2.79. The molecular formula is C23H24BClFNO5. The molecule has 0 unspecified atom stereocenters. The summed E-state index contributed by atoms with van der Waals surface area (Å²) in [4.78, 5) is 1.82. The molecule has 3 rings (SSSR count). The molecule has 6 nitrogen and oxygen atoms in total. The van der Waals surface area contributed by atoms with Crippen LogP contribution in [0.1, 0.15) is 16.7 Å². The molecular weight excluding hydrogens is 436 g/mol. The third-order valence-corrected chi connectivity index (χ3v) is 5.48. The van der Waals surface area contributed by atoms with Gasteiger partial charge in [0.1, 0.15) is 17.2 Å². The first kappa shape index (κ1) is 23.7. The second kappa shape index (κ2) is 10.6. The number of halogens is 2. The Morgan fingerprint density at radius 2 is 1.38 bits per heavy atom. The highest BCUT2D eigenvalue weighted by Crippen LogP contribution is 2.37. The van der Waals surface area contributed by atoms with Crippen LogP contribution in [0.2, 0.25) is 5.02 Å². The van der Waals surface area contributed by atoms with Gasteiger partial charge in [-0.05, 0) is 42.3 Å². The van der Waals surface area contributed by atoms with Crippen LogP contribution in [-0.2, 0) is 13.1 Å². The Kier molecular flexibility index (Phi) is 7.85. The molecule has 0 fully saturated rings. The van der Waals surface area contributed by atoms with Crippen molar-refractivity contribution in [3.8, 4) is 17.2 Å². The smallest absolute Gasteiger partial charge is 0.511 e. The van der Waals surface area contributed by atoms with Crippen molar-refractivity contribution in [2.24, 2.45) is 0 Å². The minimum Gasteiger partial charge on any atom is -0.511 e. The van der Waals surface area contributed by atoms with E-state index in [4.69, 9.17) is 25.7 Å². The van der Waals surface area contributed by atoms with Crippen LogP contribution < -0.4 is 19.0 Å². The van der Waals surface area contributed by atoms with Crippen LogP contribution in [0.25, 0.3) is 0 Å². The van der Waals surface area contributed by atoms with E-state index in [1.165, 1.54) is 13.0 Å². The van der Waals surface area contributed by atoms with Crippen LogP contribution in [0, 0.1) is 12.7 Å². The first-order chi connectivity index (χ1) is 15.3. The quantitative estimate of drug-likeness (QED) is 0.463. The first-order valence-corrected chi connectivity index (χ1v) is 10.2. The lowest BCUT2D eigenvalue weighted by molar-refractivity contribution is 0.288. The van der Waals surface area contributed by atoms with Crippen molar-refractivity contribution in [1.29, 1.82) is 0 Å². The molecule has 3 aromatic carbocycles. The summed E-state index contributed by atoms with van der Waals surface area (Å²) in [7, 11) is 1.10. The van der Waals surface area contributed by atoms with Crippen LogP contribution in [0.4, 0.5) is 10.1 Å². The zero-order valence-corrected chi connectivity index (χ0v) is 18.8. The molecule has 0 aliphatic rings. The number of methoxy groups -OCH3 is 2. The lowest BCUT2D eigenvalue weighted by Gasteiger charge is -2.27. The molecule has 0 aromatic heterocycles. The second-order valence-electron chi connectivity index (χ2n) is 7.14. The molecule has 0 aliphatic heterocycles. The van der Waals surface area contributed by atoms with Crippen LogP contribution in [-0.4, -0.2) is 31.6 Å². The van der Waals surface area contributed by atoms with Crippen molar-refractivity contribution in [3.05, 3.63) is 82.1 Å². The van der Waals surface area contributed by atoms with Gasteiger partial charge in [-0.15, -0.1) is 0 Å². The van der Waals surface area contributed by atoms with E-state index in [0.717, 1.165) is 22.6 Å². The van der Waals surface area contributed by atoms with Crippen molar-refractivity contribution in [2.45, 2.75) is 20.0 Å². The minimum absolute atomic E-state index is 0.0202. The zero-order valence-electron chi connectivity index (χ0n) is 18.0. The molecule has 0 radical (unpaired) electrons. The maximum absolute atomic E-state index is 15.3. The number of rotatable bonds is 9. The highest BCUT2D eigenvalue weighted by molar-refractivity contribution is 6.36. The maximum Gasteiger partial charge on any atom is 0.707 e. The van der Waals surface area contributed by atoms with Gasteiger partial charge in [0.05, 0.1) is 24.9 Å². The van der Waals surface area contributed by atoms with E-state index in [1.54, 1.807) is 14.2 Å². The Bertz CT molecular complexity index is 998. The van der Waals surface area contributed by atoms with E-state index < -0.39 is 13.1 Å². The molecule has 0 aliphatic carbocycles. The highest BCUT2D eigenvalue weighted by Gasteiger charge is 2.23. The largest absolute Gasteiger partial charge is 0.707 e. The van der Waals surface area contributed by atoms with Gasteiger partial charge in [0.25, 0.3) is 0 Å². The molecule has 0 heterocycles. The molecule has 0 saturated heterocycles. The van der Waals surface area contributed by atoms with E-state index in [0.29, 0.717) is 13.1 Å². The minimum atomic E-state index is -2.08. The standard InChI is InChI=1S/C23H24BClFNO5/c1-15-22(25)21(32-24(28)29)12-20(23(15)26)27(13-16-4-8-18(30-2)9-5-16)14-17-6-10-19(31-3)11-7-17/h4-12,28-29H,13-14H2,1-3H3. The molecule has 32 heavy (non-hydrogen) atoms. The average molecular weight is 460 g/mol. The summed E-state index contributed by atoms with van der Waals surface area (Å²) in [6.07, 6.45) is 0. The van der Waals surface area contributed by atoms with E-state index in [2.05, 4.69) is 0 Å². The molecule has 0 spiro atoms. The van der Waals surface area contributed by atoms with Gasteiger partial charge < -0.3 is 29.1 Å². The fourth-order valence-corrected chi connectivity index (χ4v) is 3.46.